The molecule has 0 aliphatic heterocycles. The molecule has 0 saturated heterocycles. The molecule has 0 amide bonds. The van der Waals surface area contributed by atoms with Crippen molar-refractivity contribution in [3.05, 3.63) is 29.1 Å². The van der Waals surface area contributed by atoms with Crippen molar-refractivity contribution in [2.24, 2.45) is 0 Å². The topological polar surface area (TPSA) is 0 Å². The molecule has 1 aromatic rings. The second-order valence-electron chi connectivity index (χ2n) is 2.08. The van der Waals surface area contributed by atoms with Crippen molar-refractivity contribution in [3.63, 3.8) is 0 Å². The third kappa shape index (κ3) is 1.96. The van der Waals surface area contributed by atoms with Crippen molar-refractivity contribution in [1.82, 2.24) is 0 Å². The Hall–Kier alpha value is 0.301. The van der Waals surface area contributed by atoms with Gasteiger partial charge in [0.2, 0.25) is 0 Å². The van der Waals surface area contributed by atoms with Crippen LogP contribution >= 0.6 is 0 Å². The summed E-state index contributed by atoms with van der Waals surface area (Å²) in [5.41, 5.74) is 0. The maximum atomic E-state index is 12.5. The number of hydrogen-bond donors (Lipinski definition) is 0. The van der Waals surface area contributed by atoms with Gasteiger partial charge in [-0.3, -0.25) is 0 Å². The molecule has 8 heteroatoms. The standard InChI is InChI=1S/C6HF7Xe/c7-1-2(8)4(10)6(14(12)13)5(11)3(1)9/h14H. The first-order valence-corrected chi connectivity index (χ1v) is 5.63. The molecule has 0 aliphatic carbocycles. The summed E-state index contributed by atoms with van der Waals surface area (Å²) < 4.78 is 83.9. The van der Waals surface area contributed by atoms with Crippen molar-refractivity contribution in [1.29, 1.82) is 0 Å². The van der Waals surface area contributed by atoms with Gasteiger partial charge in [0.05, 0.1) is 0 Å². The van der Waals surface area contributed by atoms with Crippen molar-refractivity contribution >= 4 is 0.0314 Å². The zero-order chi connectivity index (χ0) is 11.0. The van der Waals surface area contributed by atoms with Gasteiger partial charge in [-0.05, 0) is 0 Å². The molecule has 0 bridgehead atoms. The molecule has 14 heavy (non-hydrogen) atoms. The quantitative estimate of drug-likeness (QED) is 0.418. The van der Waals surface area contributed by atoms with E-state index in [0.29, 0.717) is 0 Å². The van der Waals surface area contributed by atoms with Gasteiger partial charge in [0, 0.05) is 0 Å². The van der Waals surface area contributed by atoms with Gasteiger partial charge in [0.15, 0.2) is 0 Å². The summed E-state index contributed by atoms with van der Waals surface area (Å²) in [5, 5.41) is 0. The normalized spacial score (nSPS) is 11.8. The van der Waals surface area contributed by atoms with Gasteiger partial charge in [0.25, 0.3) is 0 Å². The van der Waals surface area contributed by atoms with E-state index in [0.717, 1.165) is 0 Å². The molecule has 1 aromatic carbocycles. The van der Waals surface area contributed by atoms with E-state index in [2.05, 4.69) is 0 Å². The first-order chi connectivity index (χ1) is 6.37. The Morgan fingerprint density at radius 1 is 0.571 bits per heavy atom. The van der Waals surface area contributed by atoms with Crippen molar-refractivity contribution in [2.75, 3.05) is 0 Å². The summed E-state index contributed by atoms with van der Waals surface area (Å²) >= 11 is -5.25. The van der Waals surface area contributed by atoms with E-state index in [-0.39, 0.29) is 0 Å². The summed E-state index contributed by atoms with van der Waals surface area (Å²) in [7, 11) is 0. The van der Waals surface area contributed by atoms with Crippen LogP contribution in [0, 0.1) is 72.8 Å². The summed E-state index contributed by atoms with van der Waals surface area (Å²) in [6.45, 7) is 0. The second-order valence-corrected chi connectivity index (χ2v) is 4.28. The summed E-state index contributed by atoms with van der Waals surface area (Å²) in [6, 6.07) is 0. The molecular formula is C6HF7Xe. The Kier molecular flexibility index (Phi) is 3.92. The van der Waals surface area contributed by atoms with Crippen LogP contribution < -0.4 is 0.0314 Å². The van der Waals surface area contributed by atoms with Crippen molar-refractivity contribution in [3.8, 4) is 0 Å². The van der Waals surface area contributed by atoms with E-state index < -0.39 is 72.8 Å². The molecule has 0 unspecified atom stereocenters. The Labute approximate surface area is 93.8 Å². The molecule has 0 nitrogen and oxygen atoms in total. The Bertz CT molecular complexity index is 346. The van der Waals surface area contributed by atoms with E-state index in [1.807, 2.05) is 0 Å². The van der Waals surface area contributed by atoms with Crippen LogP contribution in [0.4, 0.5) is 22.1 Å². The fourth-order valence-corrected chi connectivity index (χ4v) is 1.89. The fourth-order valence-electron chi connectivity index (χ4n) is 0.704. The van der Waals surface area contributed by atoms with Gasteiger partial charge in [0.1, 0.15) is 0 Å². The van der Waals surface area contributed by atoms with Gasteiger partial charge >= 0.3 is 94.9 Å². The zero-order valence-corrected chi connectivity index (χ0v) is 8.18. The summed E-state index contributed by atoms with van der Waals surface area (Å²) in [5.74, 6) is -12.0. The van der Waals surface area contributed by atoms with Gasteiger partial charge in [-0.25, -0.2) is 0 Å². The molecule has 0 fully saturated rings. The van der Waals surface area contributed by atoms with E-state index >= 15 is 0 Å². The van der Waals surface area contributed by atoms with Crippen LogP contribution in [0.5, 0.6) is 0 Å². The maximum absolute atomic E-state index is 12.5. The molecule has 0 aliphatic rings. The van der Waals surface area contributed by atoms with Crippen LogP contribution in [0.1, 0.15) is 0 Å². The molecule has 82 valence electrons. The minimum atomic E-state index is -5.25. The minimum absolute atomic E-state index is 1.95. The zero-order valence-electron chi connectivity index (χ0n) is 6.02. The summed E-state index contributed by atoms with van der Waals surface area (Å²) in [6.07, 6.45) is 0. The predicted octanol–water partition coefficient (Wildman–Crippen LogP) is 2.13. The third-order valence-electron chi connectivity index (χ3n) is 1.30. The SMILES string of the molecule is Fc1c(F)c(F)c([XeH](F)F)c(F)c1F. The van der Waals surface area contributed by atoms with Crippen LogP contribution in [-0.4, -0.2) is 0 Å². The van der Waals surface area contributed by atoms with Gasteiger partial charge in [-0.2, -0.15) is 0 Å². The average Bonchev–Trinajstić information content (AvgIpc) is 2.11. The van der Waals surface area contributed by atoms with E-state index in [1.54, 1.807) is 0 Å². The van der Waals surface area contributed by atoms with E-state index in [4.69, 9.17) is 0 Å². The average molecular weight is 337 g/mol. The van der Waals surface area contributed by atoms with Crippen LogP contribution in [-0.2, 0) is 0 Å². The number of halogens is 7. The molecule has 0 radical (unpaired) electrons. The summed E-state index contributed by atoms with van der Waals surface area (Å²) in [4.78, 5) is 0. The first-order valence-electron chi connectivity index (χ1n) is 2.92. The van der Waals surface area contributed by atoms with Crippen LogP contribution in [0.15, 0.2) is 0 Å². The fraction of sp³-hybridized carbons (Fsp3) is 0. The molecule has 0 N–H and O–H groups in total. The van der Waals surface area contributed by atoms with E-state index in [1.165, 1.54) is 0 Å². The number of hydrogen-bond acceptors (Lipinski definition) is 0. The van der Waals surface area contributed by atoms with E-state index in [9.17, 15) is 22.1 Å². The first kappa shape index (κ1) is 12.4. The van der Waals surface area contributed by atoms with Gasteiger partial charge in [-0.15, -0.1) is 0 Å². The van der Waals surface area contributed by atoms with Crippen molar-refractivity contribution in [2.45, 2.75) is 0 Å². The molecule has 1 rings (SSSR count). The molecular weight excluding hydrogens is 336 g/mol. The Balaban J connectivity index is 3.60. The Morgan fingerprint density at radius 3 is 1.14 bits per heavy atom. The van der Waals surface area contributed by atoms with Crippen LogP contribution in [0.2, 0.25) is 0 Å². The van der Waals surface area contributed by atoms with Crippen LogP contribution in [0.25, 0.3) is 0 Å². The monoisotopic (exact) mass is 338 g/mol. The number of benzene rings is 1. The van der Waals surface area contributed by atoms with Gasteiger partial charge in [-0.1, -0.05) is 0 Å². The molecule has 0 aromatic heterocycles. The predicted molar refractivity (Wildman–Crippen MR) is 29.5 cm³/mol. The molecule has 0 spiro atoms. The van der Waals surface area contributed by atoms with Gasteiger partial charge < -0.3 is 0 Å². The van der Waals surface area contributed by atoms with Crippen molar-refractivity contribution < 1.29 is 65.8 Å². The second kappa shape index (κ2) is 4.44. The Morgan fingerprint density at radius 2 is 0.857 bits per heavy atom. The molecule has 0 atom stereocenters. The third-order valence-corrected chi connectivity index (χ3v) is 3.06. The number of rotatable bonds is 1. The molecule has 0 saturated carbocycles. The van der Waals surface area contributed by atoms with Crippen LogP contribution in [0.3, 0.4) is 0 Å². The molecule has 0 heterocycles.